The number of hydrogen-bond acceptors (Lipinski definition) is 9. The normalized spacial score (nSPS) is 21.4. The summed E-state index contributed by atoms with van der Waals surface area (Å²) in [6.07, 6.45) is 34.5. The summed E-state index contributed by atoms with van der Waals surface area (Å²) in [5, 5.41) is 40.0. The molecule has 1 fully saturated rings. The number of hydrogen-bond donors (Lipinski definition) is 4. The highest BCUT2D eigenvalue weighted by molar-refractivity contribution is 5.69. The number of aliphatic hydroxyl groups is 4. The maximum atomic E-state index is 12.7. The summed E-state index contributed by atoms with van der Waals surface area (Å²) in [5.41, 5.74) is 0. The highest BCUT2D eigenvalue weighted by atomic mass is 16.7. The van der Waals surface area contributed by atoms with Crippen molar-refractivity contribution in [1.82, 2.24) is 0 Å². The van der Waals surface area contributed by atoms with Gasteiger partial charge in [0.05, 0.1) is 19.8 Å². The van der Waals surface area contributed by atoms with Crippen LogP contribution in [-0.4, -0.2) is 89.6 Å². The van der Waals surface area contributed by atoms with Crippen LogP contribution >= 0.6 is 0 Å². The van der Waals surface area contributed by atoms with E-state index in [4.69, 9.17) is 18.9 Å². The first-order valence-corrected chi connectivity index (χ1v) is 21.6. The Kier molecular flexibility index (Phi) is 33.6. The highest BCUT2D eigenvalue weighted by Crippen LogP contribution is 2.22. The Morgan fingerprint density at radius 2 is 1.09 bits per heavy atom. The first-order chi connectivity index (χ1) is 25.9. The summed E-state index contributed by atoms with van der Waals surface area (Å²) in [6, 6.07) is 0. The largest absolute Gasteiger partial charge is 0.457 e. The molecule has 6 atom stereocenters. The topological polar surface area (TPSA) is 135 Å². The molecule has 0 bridgehead atoms. The third-order valence-corrected chi connectivity index (χ3v) is 9.78. The number of allylic oxidation sites excluding steroid dienone is 6. The molecule has 0 saturated carbocycles. The lowest BCUT2D eigenvalue weighted by atomic mass is 9.99. The third-order valence-electron chi connectivity index (χ3n) is 9.78. The van der Waals surface area contributed by atoms with E-state index >= 15 is 0 Å². The second-order valence-corrected chi connectivity index (χ2v) is 14.8. The standard InChI is InChI=1S/C44H80O9/c1-3-5-7-9-11-13-15-17-19-21-23-25-27-29-31-33-40(46)52-38(37-51-44-43(49)42(48)41(47)39(35-45)53-44)36-50-34-32-30-28-26-24-22-20-18-16-14-12-10-8-6-4-2/h11,13,16-19,38-39,41-45,47-49H,3-10,12,14-15,20-37H2,1-2H3/b13-11-,18-16-,19-17-. The van der Waals surface area contributed by atoms with Gasteiger partial charge in [-0.2, -0.15) is 0 Å². The van der Waals surface area contributed by atoms with E-state index in [0.717, 1.165) is 64.2 Å². The maximum absolute atomic E-state index is 12.7. The van der Waals surface area contributed by atoms with Crippen LogP contribution in [-0.2, 0) is 23.7 Å². The number of rotatable bonds is 36. The molecule has 4 N–H and O–H groups in total. The Balaban J connectivity index is 2.30. The summed E-state index contributed by atoms with van der Waals surface area (Å²) < 4.78 is 22.8. The van der Waals surface area contributed by atoms with Crippen LogP contribution in [0.3, 0.4) is 0 Å². The lowest BCUT2D eigenvalue weighted by Crippen LogP contribution is -2.59. The van der Waals surface area contributed by atoms with E-state index in [1.165, 1.54) is 89.9 Å². The second-order valence-electron chi connectivity index (χ2n) is 14.8. The molecule has 1 heterocycles. The molecule has 6 unspecified atom stereocenters. The van der Waals surface area contributed by atoms with Crippen LogP contribution in [0.5, 0.6) is 0 Å². The highest BCUT2D eigenvalue weighted by Gasteiger charge is 2.44. The van der Waals surface area contributed by atoms with Crippen molar-refractivity contribution < 1.29 is 44.2 Å². The van der Waals surface area contributed by atoms with Crippen molar-refractivity contribution >= 4 is 5.97 Å². The Hall–Kier alpha value is -1.59. The molecule has 53 heavy (non-hydrogen) atoms. The zero-order valence-corrected chi connectivity index (χ0v) is 33.8. The van der Waals surface area contributed by atoms with Gasteiger partial charge in [-0.3, -0.25) is 4.79 Å². The molecular formula is C44H80O9. The van der Waals surface area contributed by atoms with E-state index in [-0.39, 0.29) is 19.2 Å². The number of carbonyl (C=O) groups is 1. The average Bonchev–Trinajstić information content (AvgIpc) is 3.16. The summed E-state index contributed by atoms with van der Waals surface area (Å²) in [5.74, 6) is -0.330. The van der Waals surface area contributed by atoms with Crippen molar-refractivity contribution in [1.29, 1.82) is 0 Å². The van der Waals surface area contributed by atoms with Crippen LogP contribution in [0.2, 0.25) is 0 Å². The van der Waals surface area contributed by atoms with Crippen molar-refractivity contribution in [2.75, 3.05) is 26.4 Å². The van der Waals surface area contributed by atoms with E-state index < -0.39 is 43.4 Å². The molecule has 0 aliphatic carbocycles. The molecule has 0 aromatic rings. The van der Waals surface area contributed by atoms with Crippen LogP contribution in [0.25, 0.3) is 0 Å². The smallest absolute Gasteiger partial charge is 0.306 e. The third kappa shape index (κ3) is 27.6. The minimum Gasteiger partial charge on any atom is -0.457 e. The van der Waals surface area contributed by atoms with Crippen LogP contribution in [0.1, 0.15) is 174 Å². The van der Waals surface area contributed by atoms with Crippen molar-refractivity contribution in [3.63, 3.8) is 0 Å². The molecule has 1 saturated heterocycles. The molecule has 1 aliphatic heterocycles. The molecular weight excluding hydrogens is 672 g/mol. The van der Waals surface area contributed by atoms with Gasteiger partial charge in [0, 0.05) is 13.0 Å². The van der Waals surface area contributed by atoms with E-state index in [0.29, 0.717) is 13.0 Å². The van der Waals surface area contributed by atoms with Gasteiger partial charge in [-0.05, 0) is 70.6 Å². The molecule has 1 aliphatic rings. The average molecular weight is 753 g/mol. The fourth-order valence-corrected chi connectivity index (χ4v) is 6.34. The Morgan fingerprint density at radius 1 is 0.604 bits per heavy atom. The maximum Gasteiger partial charge on any atom is 0.306 e. The molecule has 0 aromatic carbocycles. The number of unbranched alkanes of at least 4 members (excludes halogenated alkanes) is 19. The molecule has 310 valence electrons. The monoisotopic (exact) mass is 753 g/mol. The van der Waals surface area contributed by atoms with E-state index in [9.17, 15) is 25.2 Å². The quantitative estimate of drug-likeness (QED) is 0.0281. The molecule has 1 rings (SSSR count). The van der Waals surface area contributed by atoms with E-state index in [2.05, 4.69) is 50.3 Å². The Labute approximate surface area is 323 Å². The van der Waals surface area contributed by atoms with Crippen molar-refractivity contribution in [2.45, 2.75) is 211 Å². The van der Waals surface area contributed by atoms with Crippen LogP contribution in [0, 0.1) is 0 Å². The fraction of sp³-hybridized carbons (Fsp3) is 0.841. The SMILES string of the molecule is CCCCC/C=C\C/C=C\CCCCCCCC(=O)OC(COCCCCCCCC/C=C\CCCCCCC)COC1OC(CO)C(O)C(O)C1O. The lowest BCUT2D eigenvalue weighted by molar-refractivity contribution is -0.305. The molecule has 0 aromatic heterocycles. The minimum atomic E-state index is -1.54. The summed E-state index contributed by atoms with van der Waals surface area (Å²) in [4.78, 5) is 12.7. The summed E-state index contributed by atoms with van der Waals surface area (Å²) in [7, 11) is 0. The van der Waals surface area contributed by atoms with Crippen LogP contribution in [0.15, 0.2) is 36.5 Å². The Morgan fingerprint density at radius 3 is 1.68 bits per heavy atom. The number of esters is 1. The van der Waals surface area contributed by atoms with Gasteiger partial charge in [-0.25, -0.2) is 0 Å². The zero-order chi connectivity index (χ0) is 38.6. The predicted molar refractivity (Wildman–Crippen MR) is 215 cm³/mol. The van der Waals surface area contributed by atoms with Crippen LogP contribution in [0.4, 0.5) is 0 Å². The van der Waals surface area contributed by atoms with Gasteiger partial charge < -0.3 is 39.4 Å². The van der Waals surface area contributed by atoms with Crippen LogP contribution < -0.4 is 0 Å². The van der Waals surface area contributed by atoms with Gasteiger partial charge in [0.1, 0.15) is 30.5 Å². The van der Waals surface area contributed by atoms with Crippen molar-refractivity contribution in [3.05, 3.63) is 36.5 Å². The fourth-order valence-electron chi connectivity index (χ4n) is 6.34. The number of ether oxygens (including phenoxy) is 4. The van der Waals surface area contributed by atoms with Crippen molar-refractivity contribution in [3.8, 4) is 0 Å². The second kappa shape index (κ2) is 36.1. The van der Waals surface area contributed by atoms with Gasteiger partial charge in [0.2, 0.25) is 0 Å². The molecule has 9 nitrogen and oxygen atoms in total. The predicted octanol–water partition coefficient (Wildman–Crippen LogP) is 9.19. The van der Waals surface area contributed by atoms with E-state index in [1.54, 1.807) is 0 Å². The minimum absolute atomic E-state index is 0.121. The Bertz CT molecular complexity index is 905. The number of carbonyl (C=O) groups excluding carboxylic acids is 1. The van der Waals surface area contributed by atoms with E-state index in [1.807, 2.05) is 0 Å². The molecule has 0 spiro atoms. The zero-order valence-electron chi connectivity index (χ0n) is 33.8. The molecule has 0 amide bonds. The van der Waals surface area contributed by atoms with Crippen molar-refractivity contribution in [2.24, 2.45) is 0 Å². The van der Waals surface area contributed by atoms with Gasteiger partial charge >= 0.3 is 5.97 Å². The summed E-state index contributed by atoms with van der Waals surface area (Å²) >= 11 is 0. The molecule has 0 radical (unpaired) electrons. The van der Waals surface area contributed by atoms with Gasteiger partial charge in [0.15, 0.2) is 6.29 Å². The molecule has 9 heteroatoms. The summed E-state index contributed by atoms with van der Waals surface area (Å²) in [6.45, 7) is 4.49. The number of aliphatic hydroxyl groups excluding tert-OH is 4. The first kappa shape index (κ1) is 49.4. The van der Waals surface area contributed by atoms with Gasteiger partial charge in [0.25, 0.3) is 0 Å². The van der Waals surface area contributed by atoms with Gasteiger partial charge in [-0.1, -0.05) is 134 Å². The van der Waals surface area contributed by atoms with Gasteiger partial charge in [-0.15, -0.1) is 0 Å². The lowest BCUT2D eigenvalue weighted by Gasteiger charge is -2.39. The first-order valence-electron chi connectivity index (χ1n) is 21.6.